The molecule has 0 aliphatic rings. The van der Waals surface area contributed by atoms with Crippen molar-refractivity contribution >= 4 is 5.91 Å². The zero-order valence-electron chi connectivity index (χ0n) is 9.10. The monoisotopic (exact) mass is 218 g/mol. The zero-order valence-corrected chi connectivity index (χ0v) is 9.10. The highest BCUT2D eigenvalue weighted by Crippen LogP contribution is 2.11. The Morgan fingerprint density at radius 2 is 2.38 bits per heavy atom. The van der Waals surface area contributed by atoms with Crippen LogP contribution >= 0.6 is 0 Å². The standard InChI is InChI=1S/C12H14N2O2/c1-9(7-13)8-14-12(16)6-10-3-2-4-11(15)5-10/h2-5,9,15H,6,8H2,1H3,(H,14,16). The first-order valence-electron chi connectivity index (χ1n) is 5.06. The van der Waals surface area contributed by atoms with Crippen LogP contribution in [0.3, 0.4) is 0 Å². The van der Waals surface area contributed by atoms with Gasteiger partial charge in [-0.05, 0) is 24.6 Å². The van der Waals surface area contributed by atoms with Crippen LogP contribution < -0.4 is 5.32 Å². The molecule has 1 rings (SSSR count). The molecule has 0 saturated heterocycles. The second-order valence-electron chi connectivity index (χ2n) is 3.68. The van der Waals surface area contributed by atoms with E-state index in [1.807, 2.05) is 6.07 Å². The van der Waals surface area contributed by atoms with Crippen molar-refractivity contribution in [2.75, 3.05) is 6.54 Å². The fourth-order valence-corrected chi connectivity index (χ4v) is 1.23. The van der Waals surface area contributed by atoms with Crippen molar-refractivity contribution in [1.29, 1.82) is 5.26 Å². The Bertz CT molecular complexity index is 410. The van der Waals surface area contributed by atoms with Crippen molar-refractivity contribution in [3.63, 3.8) is 0 Å². The Morgan fingerprint density at radius 1 is 1.62 bits per heavy atom. The minimum absolute atomic E-state index is 0.146. The quantitative estimate of drug-likeness (QED) is 0.797. The molecule has 16 heavy (non-hydrogen) atoms. The molecule has 1 aromatic carbocycles. The number of nitriles is 1. The normalized spacial score (nSPS) is 11.5. The summed E-state index contributed by atoms with van der Waals surface area (Å²) in [5.74, 6) is -0.184. The van der Waals surface area contributed by atoms with Crippen molar-refractivity contribution < 1.29 is 9.90 Å². The van der Waals surface area contributed by atoms with Gasteiger partial charge in [-0.15, -0.1) is 0 Å². The third-order valence-electron chi connectivity index (χ3n) is 2.10. The van der Waals surface area contributed by atoms with Gasteiger partial charge in [0.15, 0.2) is 0 Å². The first-order valence-corrected chi connectivity index (χ1v) is 5.06. The Hall–Kier alpha value is -2.02. The third-order valence-corrected chi connectivity index (χ3v) is 2.10. The van der Waals surface area contributed by atoms with E-state index in [4.69, 9.17) is 5.26 Å². The summed E-state index contributed by atoms with van der Waals surface area (Å²) < 4.78 is 0. The number of carbonyl (C=O) groups is 1. The predicted molar refractivity (Wildman–Crippen MR) is 59.6 cm³/mol. The van der Waals surface area contributed by atoms with E-state index in [0.29, 0.717) is 6.54 Å². The van der Waals surface area contributed by atoms with E-state index in [2.05, 4.69) is 5.32 Å². The number of amides is 1. The van der Waals surface area contributed by atoms with Gasteiger partial charge in [-0.1, -0.05) is 12.1 Å². The number of phenolic OH excluding ortho intramolecular Hbond substituents is 1. The summed E-state index contributed by atoms with van der Waals surface area (Å²) in [4.78, 5) is 11.4. The second kappa shape index (κ2) is 5.76. The van der Waals surface area contributed by atoms with Gasteiger partial charge in [-0.2, -0.15) is 5.26 Å². The lowest BCUT2D eigenvalue weighted by Gasteiger charge is -2.06. The summed E-state index contributed by atoms with van der Waals surface area (Å²) in [6.45, 7) is 2.10. The molecule has 0 fully saturated rings. The highest BCUT2D eigenvalue weighted by molar-refractivity contribution is 5.78. The van der Waals surface area contributed by atoms with E-state index in [0.717, 1.165) is 5.56 Å². The molecule has 0 aliphatic heterocycles. The topological polar surface area (TPSA) is 73.1 Å². The number of nitrogens with zero attached hydrogens (tertiary/aromatic N) is 1. The van der Waals surface area contributed by atoms with Crippen LogP contribution in [0.15, 0.2) is 24.3 Å². The number of carbonyl (C=O) groups excluding carboxylic acids is 1. The van der Waals surface area contributed by atoms with Crippen LogP contribution in [0.2, 0.25) is 0 Å². The molecule has 0 saturated carbocycles. The number of nitrogens with one attached hydrogen (secondary N) is 1. The lowest BCUT2D eigenvalue weighted by atomic mass is 10.1. The molecule has 0 radical (unpaired) electrons. The molecule has 0 heterocycles. The number of hydrogen-bond acceptors (Lipinski definition) is 3. The first kappa shape index (κ1) is 12.1. The molecule has 1 unspecified atom stereocenters. The number of hydrogen-bond donors (Lipinski definition) is 2. The van der Waals surface area contributed by atoms with Crippen LogP contribution in [0.5, 0.6) is 5.75 Å². The Labute approximate surface area is 94.5 Å². The van der Waals surface area contributed by atoms with Gasteiger partial charge in [0.25, 0.3) is 0 Å². The lowest BCUT2D eigenvalue weighted by Crippen LogP contribution is -2.29. The van der Waals surface area contributed by atoms with Crippen molar-refractivity contribution in [3.05, 3.63) is 29.8 Å². The van der Waals surface area contributed by atoms with Crippen LogP contribution in [0, 0.1) is 17.2 Å². The maximum atomic E-state index is 11.4. The van der Waals surface area contributed by atoms with Gasteiger partial charge in [0.05, 0.1) is 18.4 Å². The largest absolute Gasteiger partial charge is 0.508 e. The zero-order chi connectivity index (χ0) is 12.0. The van der Waals surface area contributed by atoms with E-state index >= 15 is 0 Å². The van der Waals surface area contributed by atoms with E-state index in [9.17, 15) is 9.90 Å². The van der Waals surface area contributed by atoms with Crippen molar-refractivity contribution in [2.45, 2.75) is 13.3 Å². The molecule has 4 heteroatoms. The van der Waals surface area contributed by atoms with Crippen molar-refractivity contribution in [1.82, 2.24) is 5.32 Å². The molecule has 0 spiro atoms. The smallest absolute Gasteiger partial charge is 0.224 e. The second-order valence-corrected chi connectivity index (χ2v) is 3.68. The molecular weight excluding hydrogens is 204 g/mol. The Morgan fingerprint density at radius 3 is 3.00 bits per heavy atom. The minimum Gasteiger partial charge on any atom is -0.508 e. The number of rotatable bonds is 4. The van der Waals surface area contributed by atoms with Crippen LogP contribution in [0.1, 0.15) is 12.5 Å². The summed E-state index contributed by atoms with van der Waals surface area (Å²) in [6, 6.07) is 8.60. The molecule has 0 aromatic heterocycles. The van der Waals surface area contributed by atoms with Crippen LogP contribution in [-0.4, -0.2) is 17.6 Å². The molecule has 1 aromatic rings. The molecule has 4 nitrogen and oxygen atoms in total. The Balaban J connectivity index is 2.43. The fraction of sp³-hybridized carbons (Fsp3) is 0.333. The van der Waals surface area contributed by atoms with Gasteiger partial charge in [-0.3, -0.25) is 4.79 Å². The van der Waals surface area contributed by atoms with Gasteiger partial charge in [0, 0.05) is 6.54 Å². The molecule has 2 N–H and O–H groups in total. The van der Waals surface area contributed by atoms with Crippen molar-refractivity contribution in [3.8, 4) is 11.8 Å². The van der Waals surface area contributed by atoms with Gasteiger partial charge in [-0.25, -0.2) is 0 Å². The van der Waals surface area contributed by atoms with Gasteiger partial charge in [0.1, 0.15) is 5.75 Å². The predicted octanol–water partition coefficient (Wildman–Crippen LogP) is 1.21. The average Bonchev–Trinajstić information content (AvgIpc) is 2.26. The molecule has 0 aliphatic carbocycles. The SMILES string of the molecule is CC(C#N)CNC(=O)Cc1cccc(O)c1. The average molecular weight is 218 g/mol. The molecule has 1 atom stereocenters. The highest BCUT2D eigenvalue weighted by atomic mass is 16.3. The highest BCUT2D eigenvalue weighted by Gasteiger charge is 2.05. The van der Waals surface area contributed by atoms with Crippen LogP contribution in [0.4, 0.5) is 0 Å². The maximum absolute atomic E-state index is 11.4. The summed E-state index contributed by atoms with van der Waals surface area (Å²) in [5.41, 5.74) is 0.752. The fourth-order valence-electron chi connectivity index (χ4n) is 1.23. The molecule has 84 valence electrons. The molecular formula is C12H14N2O2. The van der Waals surface area contributed by atoms with Gasteiger partial charge < -0.3 is 10.4 Å². The van der Waals surface area contributed by atoms with Gasteiger partial charge >= 0.3 is 0 Å². The summed E-state index contributed by atoms with van der Waals surface area (Å²) in [7, 11) is 0. The first-order chi connectivity index (χ1) is 7.61. The van der Waals surface area contributed by atoms with Gasteiger partial charge in [0.2, 0.25) is 5.91 Å². The van der Waals surface area contributed by atoms with E-state index in [1.165, 1.54) is 0 Å². The third kappa shape index (κ3) is 4.01. The van der Waals surface area contributed by atoms with E-state index in [-0.39, 0.29) is 24.0 Å². The van der Waals surface area contributed by atoms with Crippen LogP contribution in [0.25, 0.3) is 0 Å². The number of phenols is 1. The lowest BCUT2D eigenvalue weighted by molar-refractivity contribution is -0.120. The van der Waals surface area contributed by atoms with Crippen LogP contribution in [-0.2, 0) is 11.2 Å². The van der Waals surface area contributed by atoms with E-state index in [1.54, 1.807) is 31.2 Å². The van der Waals surface area contributed by atoms with Crippen molar-refractivity contribution in [2.24, 2.45) is 5.92 Å². The minimum atomic E-state index is -0.187. The molecule has 1 amide bonds. The van der Waals surface area contributed by atoms with E-state index < -0.39 is 0 Å². The number of benzene rings is 1. The molecule has 0 bridgehead atoms. The summed E-state index contributed by atoms with van der Waals surface area (Å²) in [5, 5.41) is 20.4. The summed E-state index contributed by atoms with van der Waals surface area (Å²) in [6.07, 6.45) is 0.215. The number of aromatic hydroxyl groups is 1. The summed E-state index contributed by atoms with van der Waals surface area (Å²) >= 11 is 0. The Kier molecular flexibility index (Phi) is 4.34. The maximum Gasteiger partial charge on any atom is 0.224 e.